The van der Waals surface area contributed by atoms with Gasteiger partial charge in [-0.2, -0.15) is 5.10 Å². The highest BCUT2D eigenvalue weighted by molar-refractivity contribution is 6.35. The molecule has 0 fully saturated rings. The minimum Gasteiger partial charge on any atom is -0.488 e. The second kappa shape index (κ2) is 14.9. The highest BCUT2D eigenvalue weighted by atomic mass is 35.5. The first-order valence-corrected chi connectivity index (χ1v) is 13.7. The lowest BCUT2D eigenvalue weighted by molar-refractivity contribution is -0.132. The van der Waals surface area contributed by atoms with Gasteiger partial charge in [-0.05, 0) is 48.4 Å². The average molecular weight is 591 g/mol. The van der Waals surface area contributed by atoms with Crippen LogP contribution >= 0.6 is 23.2 Å². The Morgan fingerprint density at radius 1 is 0.829 bits per heavy atom. The molecule has 0 radical (unpaired) electrons. The SMILES string of the molecule is C[C@@H](Oc1ccc(Cl)cc1Cl)C(=O)N[C@@H](Cc1ccccc1)C(=O)N/N=C\c1ccccc1OCc1ccccc1. The third-order valence-corrected chi connectivity index (χ3v) is 6.55. The van der Waals surface area contributed by atoms with Crippen LogP contribution in [0.1, 0.15) is 23.6 Å². The number of amides is 2. The van der Waals surface area contributed by atoms with E-state index in [1.807, 2.05) is 84.9 Å². The van der Waals surface area contributed by atoms with Gasteiger partial charge in [0, 0.05) is 17.0 Å². The first-order valence-electron chi connectivity index (χ1n) is 12.9. The summed E-state index contributed by atoms with van der Waals surface area (Å²) in [6, 6.07) is 30.4. The number of nitrogens with zero attached hydrogens (tertiary/aromatic N) is 1. The van der Waals surface area contributed by atoms with Crippen LogP contribution < -0.4 is 20.2 Å². The van der Waals surface area contributed by atoms with Crippen molar-refractivity contribution in [3.63, 3.8) is 0 Å². The van der Waals surface area contributed by atoms with Gasteiger partial charge in [0.15, 0.2) is 6.10 Å². The summed E-state index contributed by atoms with van der Waals surface area (Å²) in [4.78, 5) is 26.2. The number of carbonyl (C=O) groups excluding carboxylic acids is 2. The van der Waals surface area contributed by atoms with E-state index >= 15 is 0 Å². The molecule has 0 aromatic heterocycles. The quantitative estimate of drug-likeness (QED) is 0.152. The smallest absolute Gasteiger partial charge is 0.262 e. The van der Waals surface area contributed by atoms with Crippen molar-refractivity contribution in [3.05, 3.63) is 130 Å². The van der Waals surface area contributed by atoms with Crippen LogP contribution in [0.25, 0.3) is 0 Å². The number of para-hydroxylation sites is 1. The molecule has 0 aliphatic carbocycles. The number of halogens is 2. The normalized spacial score (nSPS) is 12.4. The summed E-state index contributed by atoms with van der Waals surface area (Å²) in [6.45, 7) is 1.97. The molecule has 0 unspecified atom stereocenters. The van der Waals surface area contributed by atoms with E-state index in [0.717, 1.165) is 11.1 Å². The first-order chi connectivity index (χ1) is 19.9. The Balaban J connectivity index is 1.42. The zero-order chi connectivity index (χ0) is 29.0. The maximum Gasteiger partial charge on any atom is 0.262 e. The zero-order valence-electron chi connectivity index (χ0n) is 22.3. The molecule has 2 atom stereocenters. The number of hydrogen-bond donors (Lipinski definition) is 2. The van der Waals surface area contributed by atoms with Gasteiger partial charge in [-0.1, -0.05) is 96.0 Å². The van der Waals surface area contributed by atoms with Crippen LogP contribution in [0, 0.1) is 0 Å². The van der Waals surface area contributed by atoms with E-state index in [1.165, 1.54) is 12.3 Å². The first kappa shape index (κ1) is 29.6. The standard InChI is InChI=1S/C32H29Cl2N3O4/c1-22(41-30-17-16-26(33)19-27(30)34)31(38)36-28(18-23-10-4-2-5-11-23)32(39)37-35-20-25-14-8-9-15-29(25)40-21-24-12-6-3-7-13-24/h2-17,19-20,22,28H,18,21H2,1H3,(H,36,38)(H,37,39)/b35-20-/t22-,28+/m1/s1. The van der Waals surface area contributed by atoms with Crippen molar-refractivity contribution in [3.8, 4) is 11.5 Å². The van der Waals surface area contributed by atoms with E-state index in [1.54, 1.807) is 19.1 Å². The van der Waals surface area contributed by atoms with Crippen molar-refractivity contribution in [2.24, 2.45) is 5.10 Å². The van der Waals surface area contributed by atoms with E-state index in [4.69, 9.17) is 32.7 Å². The van der Waals surface area contributed by atoms with Crippen LogP contribution in [-0.2, 0) is 22.6 Å². The number of hydrogen-bond acceptors (Lipinski definition) is 5. The lowest BCUT2D eigenvalue weighted by atomic mass is 10.1. The maximum absolute atomic E-state index is 13.2. The Hall–Kier alpha value is -4.33. The summed E-state index contributed by atoms with van der Waals surface area (Å²) in [7, 11) is 0. The Morgan fingerprint density at radius 3 is 2.20 bits per heavy atom. The van der Waals surface area contributed by atoms with Gasteiger partial charge in [-0.3, -0.25) is 9.59 Å². The molecule has 0 aliphatic heterocycles. The van der Waals surface area contributed by atoms with Crippen molar-refractivity contribution in [2.75, 3.05) is 0 Å². The average Bonchev–Trinajstić information content (AvgIpc) is 2.98. The number of nitrogens with one attached hydrogen (secondary N) is 2. The fourth-order valence-electron chi connectivity index (χ4n) is 3.86. The van der Waals surface area contributed by atoms with Crippen LogP contribution in [0.5, 0.6) is 11.5 Å². The van der Waals surface area contributed by atoms with E-state index in [-0.39, 0.29) is 11.4 Å². The van der Waals surface area contributed by atoms with E-state index in [2.05, 4.69) is 15.8 Å². The van der Waals surface area contributed by atoms with Gasteiger partial charge in [0.1, 0.15) is 24.1 Å². The summed E-state index contributed by atoms with van der Waals surface area (Å²) in [5.74, 6) is -0.0514. The Labute approximate surface area is 249 Å². The Morgan fingerprint density at radius 2 is 1.49 bits per heavy atom. The van der Waals surface area contributed by atoms with Crippen LogP contribution in [0.3, 0.4) is 0 Å². The number of carbonyl (C=O) groups is 2. The molecule has 0 saturated carbocycles. The Kier molecular flexibility index (Phi) is 10.8. The molecule has 4 aromatic rings. The number of rotatable bonds is 12. The third kappa shape index (κ3) is 9.10. The van der Waals surface area contributed by atoms with Crippen LogP contribution in [0.2, 0.25) is 10.0 Å². The second-order valence-electron chi connectivity index (χ2n) is 9.13. The molecule has 2 amide bonds. The minimum absolute atomic E-state index is 0.249. The lowest BCUT2D eigenvalue weighted by Gasteiger charge is -2.21. The molecule has 0 bridgehead atoms. The van der Waals surface area contributed by atoms with Crippen molar-refractivity contribution >= 4 is 41.2 Å². The van der Waals surface area contributed by atoms with Crippen LogP contribution in [-0.4, -0.2) is 30.2 Å². The summed E-state index contributed by atoms with van der Waals surface area (Å²) < 4.78 is 11.7. The van der Waals surface area contributed by atoms with Gasteiger partial charge < -0.3 is 14.8 Å². The largest absolute Gasteiger partial charge is 0.488 e. The van der Waals surface area contributed by atoms with Crippen molar-refractivity contribution in [1.29, 1.82) is 0 Å². The molecule has 210 valence electrons. The molecular weight excluding hydrogens is 561 g/mol. The fourth-order valence-corrected chi connectivity index (χ4v) is 4.31. The second-order valence-corrected chi connectivity index (χ2v) is 9.98. The topological polar surface area (TPSA) is 89.0 Å². The van der Waals surface area contributed by atoms with Crippen LogP contribution in [0.4, 0.5) is 0 Å². The molecular formula is C32H29Cl2N3O4. The molecule has 2 N–H and O–H groups in total. The highest BCUT2D eigenvalue weighted by Gasteiger charge is 2.25. The molecule has 0 heterocycles. The fraction of sp³-hybridized carbons (Fsp3) is 0.156. The van der Waals surface area contributed by atoms with E-state index in [0.29, 0.717) is 28.7 Å². The summed E-state index contributed by atoms with van der Waals surface area (Å²) in [6.07, 6.45) is 0.824. The van der Waals surface area contributed by atoms with Crippen molar-refractivity contribution in [1.82, 2.24) is 10.7 Å². The van der Waals surface area contributed by atoms with E-state index in [9.17, 15) is 9.59 Å². The zero-order valence-corrected chi connectivity index (χ0v) is 23.8. The van der Waals surface area contributed by atoms with E-state index < -0.39 is 24.0 Å². The molecule has 0 spiro atoms. The van der Waals surface area contributed by atoms with Gasteiger partial charge in [0.25, 0.3) is 11.8 Å². The third-order valence-electron chi connectivity index (χ3n) is 6.02. The molecule has 0 aliphatic rings. The van der Waals surface area contributed by atoms with Gasteiger partial charge >= 0.3 is 0 Å². The highest BCUT2D eigenvalue weighted by Crippen LogP contribution is 2.28. The predicted molar refractivity (Wildman–Crippen MR) is 162 cm³/mol. The van der Waals surface area contributed by atoms with Gasteiger partial charge in [-0.25, -0.2) is 5.43 Å². The van der Waals surface area contributed by atoms with Gasteiger partial charge in [0.2, 0.25) is 0 Å². The molecule has 41 heavy (non-hydrogen) atoms. The van der Waals surface area contributed by atoms with Crippen LogP contribution in [0.15, 0.2) is 108 Å². The maximum atomic E-state index is 13.2. The van der Waals surface area contributed by atoms with Crippen molar-refractivity contribution in [2.45, 2.75) is 32.1 Å². The van der Waals surface area contributed by atoms with Gasteiger partial charge in [-0.15, -0.1) is 0 Å². The molecule has 4 aromatic carbocycles. The molecule has 4 rings (SSSR count). The summed E-state index contributed by atoms with van der Waals surface area (Å²) in [5, 5.41) is 7.64. The molecule has 7 nitrogen and oxygen atoms in total. The van der Waals surface area contributed by atoms with Crippen molar-refractivity contribution < 1.29 is 19.1 Å². The Bertz CT molecular complexity index is 1480. The monoisotopic (exact) mass is 589 g/mol. The number of ether oxygens (including phenoxy) is 2. The molecule has 0 saturated heterocycles. The summed E-state index contributed by atoms with van der Waals surface area (Å²) in [5.41, 5.74) is 5.13. The number of hydrazone groups is 1. The van der Waals surface area contributed by atoms with Gasteiger partial charge in [0.05, 0.1) is 11.2 Å². The predicted octanol–water partition coefficient (Wildman–Crippen LogP) is 6.22. The summed E-state index contributed by atoms with van der Waals surface area (Å²) >= 11 is 12.1. The number of benzene rings is 4. The lowest BCUT2D eigenvalue weighted by Crippen LogP contribution is -2.50. The molecule has 9 heteroatoms. The minimum atomic E-state index is -0.933.